The van der Waals surface area contributed by atoms with Crippen LogP contribution in [0.3, 0.4) is 0 Å². The molecule has 0 bridgehead atoms. The van der Waals surface area contributed by atoms with Gasteiger partial charge in [-0.2, -0.15) is 0 Å². The molecule has 0 heterocycles. The monoisotopic (exact) mass is 284 g/mol. The topological polar surface area (TPSA) is 58.6 Å². The van der Waals surface area contributed by atoms with Crippen LogP contribution < -0.4 is 5.32 Å². The third-order valence-corrected chi connectivity index (χ3v) is 3.05. The Morgan fingerprint density at radius 3 is 2.45 bits per heavy atom. The normalized spacial score (nSPS) is 14.8. The lowest BCUT2D eigenvalue weighted by atomic mass is 10.2. The summed E-state index contributed by atoms with van der Waals surface area (Å²) in [5.74, 6) is 0.256. The molecular weight excluding hydrogens is 256 g/mol. The second-order valence-corrected chi connectivity index (χ2v) is 6.49. The zero-order chi connectivity index (χ0) is 15.2. The highest BCUT2D eigenvalue weighted by atomic mass is 16.6. The van der Waals surface area contributed by atoms with E-state index in [9.17, 15) is 9.59 Å². The zero-order valence-corrected chi connectivity index (χ0v) is 13.2. The highest BCUT2D eigenvalue weighted by Crippen LogP contribution is 2.29. The van der Waals surface area contributed by atoms with Crippen molar-refractivity contribution < 1.29 is 14.3 Å². The van der Waals surface area contributed by atoms with Crippen molar-refractivity contribution in [1.29, 1.82) is 0 Å². The molecule has 0 aromatic carbocycles. The third-order valence-electron chi connectivity index (χ3n) is 3.05. The molecule has 5 nitrogen and oxygen atoms in total. The van der Waals surface area contributed by atoms with Crippen LogP contribution in [0.2, 0.25) is 0 Å². The largest absolute Gasteiger partial charge is 0.459 e. The van der Waals surface area contributed by atoms with Crippen LogP contribution in [0.4, 0.5) is 4.79 Å². The number of hydrogen-bond donors (Lipinski definition) is 1. The van der Waals surface area contributed by atoms with Gasteiger partial charge >= 0.3 is 12.0 Å². The molecular formula is C15H28N2O3. The van der Waals surface area contributed by atoms with Crippen molar-refractivity contribution in [3.8, 4) is 0 Å². The van der Waals surface area contributed by atoms with Gasteiger partial charge in [-0.15, -0.1) is 0 Å². The average Bonchev–Trinajstić information content (AvgIpc) is 3.13. The van der Waals surface area contributed by atoms with Crippen LogP contribution in [0.5, 0.6) is 0 Å². The highest BCUT2D eigenvalue weighted by molar-refractivity contribution is 5.81. The second-order valence-electron chi connectivity index (χ2n) is 6.49. The predicted molar refractivity (Wildman–Crippen MR) is 78.4 cm³/mol. The van der Waals surface area contributed by atoms with E-state index in [1.54, 1.807) is 0 Å². The van der Waals surface area contributed by atoms with Gasteiger partial charge in [0, 0.05) is 13.1 Å². The molecule has 5 heteroatoms. The van der Waals surface area contributed by atoms with Gasteiger partial charge in [0.25, 0.3) is 0 Å². The molecule has 1 aliphatic rings. The van der Waals surface area contributed by atoms with E-state index in [-0.39, 0.29) is 12.6 Å². The van der Waals surface area contributed by atoms with Crippen LogP contribution in [0, 0.1) is 5.92 Å². The van der Waals surface area contributed by atoms with Crippen LogP contribution in [-0.2, 0) is 9.53 Å². The number of ether oxygens (including phenoxy) is 1. The van der Waals surface area contributed by atoms with Gasteiger partial charge in [-0.3, -0.25) is 4.79 Å². The first-order chi connectivity index (χ1) is 9.31. The molecule has 1 fully saturated rings. The van der Waals surface area contributed by atoms with Gasteiger partial charge in [0.05, 0.1) is 0 Å². The van der Waals surface area contributed by atoms with Crippen molar-refractivity contribution in [2.75, 3.05) is 19.6 Å². The van der Waals surface area contributed by atoms with Gasteiger partial charge < -0.3 is 15.0 Å². The Morgan fingerprint density at radius 1 is 1.30 bits per heavy atom. The van der Waals surface area contributed by atoms with Gasteiger partial charge in [0.2, 0.25) is 0 Å². The van der Waals surface area contributed by atoms with E-state index in [2.05, 4.69) is 12.2 Å². The molecule has 1 N–H and O–H groups in total. The summed E-state index contributed by atoms with van der Waals surface area (Å²) >= 11 is 0. The van der Waals surface area contributed by atoms with Crippen molar-refractivity contribution >= 4 is 12.0 Å². The van der Waals surface area contributed by atoms with Gasteiger partial charge in [-0.05, 0) is 46.0 Å². The fourth-order valence-corrected chi connectivity index (χ4v) is 1.87. The highest BCUT2D eigenvalue weighted by Gasteiger charge is 2.26. The lowest BCUT2D eigenvalue weighted by Crippen LogP contribution is -2.44. The Kier molecular flexibility index (Phi) is 6.30. The number of carbonyl (C=O) groups is 2. The molecule has 0 unspecified atom stereocenters. The number of hydrogen-bond acceptors (Lipinski definition) is 3. The molecule has 0 aliphatic heterocycles. The number of nitrogens with zero attached hydrogens (tertiary/aromatic N) is 1. The van der Waals surface area contributed by atoms with Gasteiger partial charge in [0.15, 0.2) is 0 Å². The van der Waals surface area contributed by atoms with E-state index in [0.29, 0.717) is 5.92 Å². The summed E-state index contributed by atoms with van der Waals surface area (Å²) in [6.07, 6.45) is 4.47. The van der Waals surface area contributed by atoms with Crippen LogP contribution in [0.1, 0.15) is 53.4 Å². The molecule has 0 radical (unpaired) electrons. The Hall–Kier alpha value is -1.26. The van der Waals surface area contributed by atoms with Crippen molar-refractivity contribution in [2.45, 2.75) is 59.0 Å². The molecule has 0 spiro atoms. The van der Waals surface area contributed by atoms with Crippen molar-refractivity contribution in [3.05, 3.63) is 0 Å². The Labute approximate surface area is 122 Å². The molecule has 0 atom stereocenters. The van der Waals surface area contributed by atoms with E-state index in [0.717, 1.165) is 25.9 Å². The summed E-state index contributed by atoms with van der Waals surface area (Å²) in [7, 11) is 0. The SMILES string of the molecule is CCCCN(CC1CC1)C(=O)NCC(=O)OC(C)(C)C. The fraction of sp³-hybridized carbons (Fsp3) is 0.867. The first-order valence-corrected chi connectivity index (χ1v) is 7.56. The van der Waals surface area contributed by atoms with Crippen molar-refractivity contribution in [1.82, 2.24) is 10.2 Å². The average molecular weight is 284 g/mol. The van der Waals surface area contributed by atoms with Gasteiger partial charge in [-0.25, -0.2) is 4.79 Å². The maximum atomic E-state index is 12.1. The summed E-state index contributed by atoms with van der Waals surface area (Å²) in [4.78, 5) is 25.5. The molecule has 1 rings (SSSR count). The number of unbranched alkanes of at least 4 members (excludes halogenated alkanes) is 1. The van der Waals surface area contributed by atoms with Crippen LogP contribution in [0.25, 0.3) is 0 Å². The fourth-order valence-electron chi connectivity index (χ4n) is 1.87. The molecule has 20 heavy (non-hydrogen) atoms. The first kappa shape index (κ1) is 16.8. The molecule has 116 valence electrons. The molecule has 1 saturated carbocycles. The summed E-state index contributed by atoms with van der Waals surface area (Å²) in [5.41, 5.74) is -0.516. The van der Waals surface area contributed by atoms with E-state index in [4.69, 9.17) is 4.74 Å². The minimum Gasteiger partial charge on any atom is -0.459 e. The summed E-state index contributed by atoms with van der Waals surface area (Å²) in [6, 6.07) is -0.156. The molecule has 0 saturated heterocycles. The maximum absolute atomic E-state index is 12.1. The molecule has 0 aromatic heterocycles. The summed E-state index contributed by atoms with van der Waals surface area (Å²) in [6.45, 7) is 9.04. The Bertz CT molecular complexity index is 333. The Balaban J connectivity index is 2.34. The lowest BCUT2D eigenvalue weighted by molar-refractivity contribution is -0.153. The number of esters is 1. The molecule has 1 aliphatic carbocycles. The summed E-state index contributed by atoms with van der Waals surface area (Å²) in [5, 5.41) is 2.66. The molecule has 2 amide bonds. The second kappa shape index (κ2) is 7.50. The van der Waals surface area contributed by atoms with Crippen LogP contribution >= 0.6 is 0 Å². The standard InChI is InChI=1S/C15H28N2O3/c1-5-6-9-17(11-12-7-8-12)14(19)16-10-13(18)20-15(2,3)4/h12H,5-11H2,1-4H3,(H,16,19). The van der Waals surface area contributed by atoms with Gasteiger partial charge in [-0.1, -0.05) is 13.3 Å². The van der Waals surface area contributed by atoms with E-state index in [1.165, 1.54) is 12.8 Å². The number of rotatable bonds is 7. The Morgan fingerprint density at radius 2 is 1.95 bits per heavy atom. The zero-order valence-electron chi connectivity index (χ0n) is 13.2. The lowest BCUT2D eigenvalue weighted by Gasteiger charge is -2.24. The van der Waals surface area contributed by atoms with E-state index >= 15 is 0 Å². The smallest absolute Gasteiger partial charge is 0.325 e. The summed E-state index contributed by atoms with van der Waals surface area (Å²) < 4.78 is 5.17. The number of nitrogens with one attached hydrogen (secondary N) is 1. The van der Waals surface area contributed by atoms with Crippen molar-refractivity contribution in [2.24, 2.45) is 5.92 Å². The van der Waals surface area contributed by atoms with Crippen LogP contribution in [0.15, 0.2) is 0 Å². The predicted octanol–water partition coefficient (Wildman–Crippen LogP) is 2.55. The van der Waals surface area contributed by atoms with Crippen LogP contribution in [-0.4, -0.2) is 42.1 Å². The van der Waals surface area contributed by atoms with E-state index in [1.807, 2.05) is 25.7 Å². The minimum absolute atomic E-state index is 0.0661. The quantitative estimate of drug-likeness (QED) is 0.731. The third kappa shape index (κ3) is 7.36. The minimum atomic E-state index is -0.516. The molecule has 0 aromatic rings. The number of amides is 2. The number of urea groups is 1. The maximum Gasteiger partial charge on any atom is 0.325 e. The van der Waals surface area contributed by atoms with Crippen molar-refractivity contribution in [3.63, 3.8) is 0 Å². The van der Waals surface area contributed by atoms with E-state index < -0.39 is 11.6 Å². The first-order valence-electron chi connectivity index (χ1n) is 7.56. The number of carbonyl (C=O) groups excluding carboxylic acids is 2. The van der Waals surface area contributed by atoms with Gasteiger partial charge in [0.1, 0.15) is 12.1 Å².